The second kappa shape index (κ2) is 6.95. The third-order valence-corrected chi connectivity index (χ3v) is 4.64. The van der Waals surface area contributed by atoms with Gasteiger partial charge in [-0.25, -0.2) is 4.57 Å². The van der Waals surface area contributed by atoms with E-state index in [1.165, 1.54) is 0 Å². The standard InChI is InChI=1S/C18H20O3P/c1-12-10-13(2)17(14(3)11-12)18(19)22(20)21-15(4)16-8-6-5-7-9-16/h5-11,15H,1-4H3. The molecular weight excluding hydrogens is 295 g/mol. The Morgan fingerprint density at radius 1 is 1.05 bits per heavy atom. The van der Waals surface area contributed by atoms with E-state index in [2.05, 4.69) is 0 Å². The first-order valence-corrected chi connectivity index (χ1v) is 8.39. The molecular formula is C18H20O3P. The molecule has 1 radical (unpaired) electrons. The van der Waals surface area contributed by atoms with Gasteiger partial charge in [0.25, 0.3) is 13.6 Å². The Balaban J connectivity index is 2.18. The number of carbonyl (C=O) groups excluding carboxylic acids is 1. The zero-order valence-corrected chi connectivity index (χ0v) is 14.2. The van der Waals surface area contributed by atoms with Crippen molar-refractivity contribution in [3.63, 3.8) is 0 Å². The quantitative estimate of drug-likeness (QED) is 0.706. The molecule has 0 heterocycles. The van der Waals surface area contributed by atoms with E-state index in [-0.39, 0.29) is 6.10 Å². The molecule has 0 aliphatic heterocycles. The van der Waals surface area contributed by atoms with Crippen LogP contribution in [-0.2, 0) is 9.09 Å². The highest BCUT2D eigenvalue weighted by molar-refractivity contribution is 7.60. The molecule has 0 bridgehead atoms. The van der Waals surface area contributed by atoms with Gasteiger partial charge < -0.3 is 0 Å². The minimum Gasteiger partial charge on any atom is -0.290 e. The molecule has 2 aromatic carbocycles. The van der Waals surface area contributed by atoms with Crippen molar-refractivity contribution in [3.8, 4) is 0 Å². The maximum Gasteiger partial charge on any atom is 0.289 e. The van der Waals surface area contributed by atoms with E-state index in [4.69, 9.17) is 4.52 Å². The highest BCUT2D eigenvalue weighted by atomic mass is 31.1. The fraction of sp³-hybridized carbons (Fsp3) is 0.278. The van der Waals surface area contributed by atoms with Gasteiger partial charge in [0.15, 0.2) is 0 Å². The Morgan fingerprint density at radius 3 is 2.14 bits per heavy atom. The summed E-state index contributed by atoms with van der Waals surface area (Å²) in [6.45, 7) is 7.49. The maximum atomic E-state index is 12.5. The van der Waals surface area contributed by atoms with Crippen LogP contribution in [-0.4, -0.2) is 5.52 Å². The molecule has 4 heteroatoms. The van der Waals surface area contributed by atoms with E-state index < -0.39 is 13.6 Å². The van der Waals surface area contributed by atoms with Crippen molar-refractivity contribution in [3.05, 3.63) is 70.3 Å². The first-order chi connectivity index (χ1) is 10.4. The number of carbonyl (C=O) groups is 1. The molecule has 3 nitrogen and oxygen atoms in total. The molecule has 0 spiro atoms. The van der Waals surface area contributed by atoms with Crippen molar-refractivity contribution in [2.24, 2.45) is 0 Å². The summed E-state index contributed by atoms with van der Waals surface area (Å²) in [5.74, 6) is 0. The fourth-order valence-electron chi connectivity index (χ4n) is 2.59. The number of aryl methyl sites for hydroxylation is 3. The molecule has 2 rings (SSSR count). The SMILES string of the molecule is Cc1cc(C)c(C(=O)[P](=O)OC(C)c2ccccc2)c(C)c1. The average molecular weight is 315 g/mol. The van der Waals surface area contributed by atoms with Crippen LogP contribution in [0, 0.1) is 20.8 Å². The van der Waals surface area contributed by atoms with Crippen LogP contribution in [0.15, 0.2) is 42.5 Å². The van der Waals surface area contributed by atoms with Crippen molar-refractivity contribution >= 4 is 13.6 Å². The van der Waals surface area contributed by atoms with Gasteiger partial charge in [-0.3, -0.25) is 9.32 Å². The predicted octanol–water partition coefficient (Wildman–Crippen LogP) is 5.27. The van der Waals surface area contributed by atoms with Crippen LogP contribution in [0.3, 0.4) is 0 Å². The Bertz CT molecular complexity index is 685. The van der Waals surface area contributed by atoms with E-state index in [0.717, 1.165) is 22.3 Å². The van der Waals surface area contributed by atoms with Gasteiger partial charge >= 0.3 is 0 Å². The van der Waals surface area contributed by atoms with Gasteiger partial charge in [0.05, 0.1) is 6.10 Å². The van der Waals surface area contributed by atoms with Gasteiger partial charge in [0.2, 0.25) is 0 Å². The van der Waals surface area contributed by atoms with E-state index >= 15 is 0 Å². The molecule has 0 aliphatic carbocycles. The topological polar surface area (TPSA) is 43.4 Å². The number of rotatable bonds is 5. The maximum absolute atomic E-state index is 12.5. The zero-order chi connectivity index (χ0) is 16.3. The molecule has 0 fully saturated rings. The summed E-state index contributed by atoms with van der Waals surface area (Å²) < 4.78 is 17.7. The van der Waals surface area contributed by atoms with Gasteiger partial charge in [-0.2, -0.15) is 0 Å². The lowest BCUT2D eigenvalue weighted by molar-refractivity contribution is 0.104. The van der Waals surface area contributed by atoms with Crippen LogP contribution < -0.4 is 0 Å². The minimum absolute atomic E-state index is 0.389. The lowest BCUT2D eigenvalue weighted by Gasteiger charge is -2.13. The van der Waals surface area contributed by atoms with Crippen molar-refractivity contribution < 1.29 is 13.9 Å². The Hall–Kier alpha value is -1.83. The van der Waals surface area contributed by atoms with Crippen molar-refractivity contribution in [1.29, 1.82) is 0 Å². The number of hydrogen-bond acceptors (Lipinski definition) is 3. The van der Waals surface area contributed by atoms with Gasteiger partial charge in [0.1, 0.15) is 0 Å². The summed E-state index contributed by atoms with van der Waals surface area (Å²) in [5, 5.41) is 0. The van der Waals surface area contributed by atoms with Gasteiger partial charge in [-0.05, 0) is 44.4 Å². The predicted molar refractivity (Wildman–Crippen MR) is 88.5 cm³/mol. The largest absolute Gasteiger partial charge is 0.290 e. The highest BCUT2D eigenvalue weighted by Crippen LogP contribution is 2.37. The normalized spacial score (nSPS) is 12.8. The second-order valence-electron chi connectivity index (χ2n) is 5.49. The third-order valence-electron chi connectivity index (χ3n) is 3.58. The number of hydrogen-bond donors (Lipinski definition) is 0. The molecule has 0 N–H and O–H groups in total. The van der Waals surface area contributed by atoms with Crippen molar-refractivity contribution in [2.75, 3.05) is 0 Å². The first kappa shape index (κ1) is 16.5. The molecule has 0 saturated heterocycles. The van der Waals surface area contributed by atoms with Crippen LogP contribution in [0.4, 0.5) is 0 Å². The van der Waals surface area contributed by atoms with E-state index in [0.29, 0.717) is 5.56 Å². The van der Waals surface area contributed by atoms with Crippen LogP contribution in [0.25, 0.3) is 0 Å². The Morgan fingerprint density at radius 2 is 1.59 bits per heavy atom. The van der Waals surface area contributed by atoms with E-state index in [1.54, 1.807) is 6.92 Å². The lowest BCUT2D eigenvalue weighted by atomic mass is 10.0. The van der Waals surface area contributed by atoms with Crippen LogP contribution >= 0.6 is 8.03 Å². The van der Waals surface area contributed by atoms with E-state index in [9.17, 15) is 9.36 Å². The van der Waals surface area contributed by atoms with Crippen molar-refractivity contribution in [1.82, 2.24) is 0 Å². The first-order valence-electron chi connectivity index (χ1n) is 7.21. The molecule has 2 atom stereocenters. The van der Waals surface area contributed by atoms with Crippen molar-refractivity contribution in [2.45, 2.75) is 33.8 Å². The van der Waals surface area contributed by atoms with Gasteiger partial charge in [-0.1, -0.05) is 48.0 Å². The summed E-state index contributed by atoms with van der Waals surface area (Å²) in [6.07, 6.45) is -0.389. The average Bonchev–Trinajstić information content (AvgIpc) is 2.46. The molecule has 0 aliphatic rings. The van der Waals surface area contributed by atoms with Crippen LogP contribution in [0.2, 0.25) is 0 Å². The summed E-state index contributed by atoms with van der Waals surface area (Å²) >= 11 is 0. The summed E-state index contributed by atoms with van der Waals surface area (Å²) in [4.78, 5) is 12.5. The molecule has 2 aromatic rings. The summed E-state index contributed by atoms with van der Waals surface area (Å²) in [5.41, 5.74) is 3.72. The fourth-order valence-corrected chi connectivity index (χ4v) is 3.62. The Kier molecular flexibility index (Phi) is 5.23. The van der Waals surface area contributed by atoms with Crippen LogP contribution in [0.5, 0.6) is 0 Å². The molecule has 0 amide bonds. The zero-order valence-electron chi connectivity index (χ0n) is 13.3. The molecule has 115 valence electrons. The summed E-state index contributed by atoms with van der Waals surface area (Å²) in [6, 6.07) is 13.3. The lowest BCUT2D eigenvalue weighted by Crippen LogP contribution is -2.04. The second-order valence-corrected chi connectivity index (χ2v) is 6.63. The monoisotopic (exact) mass is 315 g/mol. The Labute approximate surface area is 132 Å². The molecule has 2 unspecified atom stereocenters. The molecule has 0 aromatic heterocycles. The van der Waals surface area contributed by atoms with Crippen LogP contribution in [0.1, 0.15) is 45.6 Å². The minimum atomic E-state index is -2.41. The molecule has 0 saturated carbocycles. The van der Waals surface area contributed by atoms with Gasteiger partial charge in [-0.15, -0.1) is 0 Å². The number of benzene rings is 2. The van der Waals surface area contributed by atoms with E-state index in [1.807, 2.05) is 63.2 Å². The molecule has 22 heavy (non-hydrogen) atoms. The highest BCUT2D eigenvalue weighted by Gasteiger charge is 2.23. The third kappa shape index (κ3) is 3.68. The summed E-state index contributed by atoms with van der Waals surface area (Å²) in [7, 11) is -2.41. The smallest absolute Gasteiger partial charge is 0.289 e. The van der Waals surface area contributed by atoms with Gasteiger partial charge in [0, 0.05) is 5.56 Å².